The van der Waals surface area contributed by atoms with Crippen LogP contribution in [0.4, 0.5) is 11.4 Å². The molecule has 134 valence electrons. The minimum absolute atomic E-state index is 0.0854. The molecule has 8 nitrogen and oxygen atoms in total. The first-order valence-electron chi connectivity index (χ1n) is 6.82. The van der Waals surface area contributed by atoms with Gasteiger partial charge in [0.25, 0.3) is 5.69 Å². The maximum absolute atomic E-state index is 11.8. The molecule has 0 spiro atoms. The highest BCUT2D eigenvalue weighted by molar-refractivity contribution is 6.45. The molecule has 0 bridgehead atoms. The lowest BCUT2D eigenvalue weighted by molar-refractivity contribution is -0.384. The van der Waals surface area contributed by atoms with Crippen molar-refractivity contribution in [1.29, 1.82) is 0 Å². The molecule has 26 heavy (non-hydrogen) atoms. The molecule has 0 radical (unpaired) electrons. The molecule has 0 aromatic heterocycles. The second kappa shape index (κ2) is 8.61. The number of anilines is 1. The Labute approximate surface area is 161 Å². The number of amides is 2. The van der Waals surface area contributed by atoms with Crippen molar-refractivity contribution in [3.05, 3.63) is 67.1 Å². The molecule has 0 atom stereocenters. The predicted octanol–water partition coefficient (Wildman–Crippen LogP) is 3.64. The molecular weight excluding hydrogens is 407 g/mol. The van der Waals surface area contributed by atoms with Gasteiger partial charge in [-0.15, -0.1) is 0 Å². The Morgan fingerprint density at radius 2 is 1.81 bits per heavy atom. The van der Waals surface area contributed by atoms with Crippen LogP contribution in [0.5, 0.6) is 0 Å². The zero-order valence-electron chi connectivity index (χ0n) is 12.7. The number of rotatable bonds is 4. The molecule has 0 saturated heterocycles. The van der Waals surface area contributed by atoms with Crippen molar-refractivity contribution in [2.75, 3.05) is 5.32 Å². The molecule has 2 aromatic carbocycles. The van der Waals surface area contributed by atoms with Crippen LogP contribution in [-0.4, -0.2) is 23.0 Å². The molecule has 0 aliphatic rings. The van der Waals surface area contributed by atoms with Gasteiger partial charge in [0, 0.05) is 22.7 Å². The average molecular weight is 416 g/mol. The maximum Gasteiger partial charge on any atom is 0.329 e. The standard InChI is InChI=1S/C15H9Cl3N4O4/c16-10-5-4-9(22(25)26)6-8(10)7-19-21-15(24)14(23)20-12-3-1-2-11(17)13(12)18/h1-7H,(H,20,23)(H,21,24)/b19-7+. The van der Waals surface area contributed by atoms with E-state index in [1.54, 1.807) is 6.07 Å². The number of nitro benzene ring substituents is 1. The average Bonchev–Trinajstić information content (AvgIpc) is 2.60. The highest BCUT2D eigenvalue weighted by atomic mass is 35.5. The van der Waals surface area contributed by atoms with Crippen molar-refractivity contribution in [1.82, 2.24) is 5.43 Å². The molecular formula is C15H9Cl3N4O4. The first-order valence-corrected chi connectivity index (χ1v) is 7.95. The fraction of sp³-hybridized carbons (Fsp3) is 0. The van der Waals surface area contributed by atoms with Crippen molar-refractivity contribution < 1.29 is 14.5 Å². The van der Waals surface area contributed by atoms with E-state index in [9.17, 15) is 19.7 Å². The van der Waals surface area contributed by atoms with Crippen LogP contribution in [0.1, 0.15) is 5.56 Å². The van der Waals surface area contributed by atoms with Crippen LogP contribution in [0.2, 0.25) is 15.1 Å². The minimum Gasteiger partial charge on any atom is -0.316 e. The molecule has 0 aliphatic carbocycles. The smallest absolute Gasteiger partial charge is 0.316 e. The van der Waals surface area contributed by atoms with Gasteiger partial charge in [0.05, 0.1) is 26.9 Å². The summed E-state index contributed by atoms with van der Waals surface area (Å²) in [5.41, 5.74) is 2.13. The van der Waals surface area contributed by atoms with E-state index in [4.69, 9.17) is 34.8 Å². The van der Waals surface area contributed by atoms with Crippen molar-refractivity contribution in [3.8, 4) is 0 Å². The van der Waals surface area contributed by atoms with Gasteiger partial charge in [-0.05, 0) is 18.2 Å². The number of hydrazone groups is 1. The Balaban J connectivity index is 2.03. The minimum atomic E-state index is -1.08. The number of hydrogen-bond donors (Lipinski definition) is 2. The van der Waals surface area contributed by atoms with Gasteiger partial charge in [-0.25, -0.2) is 5.43 Å². The third kappa shape index (κ3) is 4.92. The highest BCUT2D eigenvalue weighted by Crippen LogP contribution is 2.29. The third-order valence-corrected chi connectivity index (χ3v) is 4.13. The fourth-order valence-corrected chi connectivity index (χ4v) is 2.25. The van der Waals surface area contributed by atoms with Gasteiger partial charge in [0.1, 0.15) is 0 Å². The van der Waals surface area contributed by atoms with Crippen LogP contribution in [0.25, 0.3) is 0 Å². The van der Waals surface area contributed by atoms with Crippen LogP contribution >= 0.6 is 34.8 Å². The lowest BCUT2D eigenvalue weighted by atomic mass is 10.2. The summed E-state index contributed by atoms with van der Waals surface area (Å²) in [4.78, 5) is 33.7. The summed E-state index contributed by atoms with van der Waals surface area (Å²) < 4.78 is 0. The summed E-state index contributed by atoms with van der Waals surface area (Å²) >= 11 is 17.6. The SMILES string of the molecule is O=C(N/N=C/c1cc([N+](=O)[O-])ccc1Cl)C(=O)Nc1cccc(Cl)c1Cl. The van der Waals surface area contributed by atoms with E-state index < -0.39 is 16.7 Å². The van der Waals surface area contributed by atoms with Gasteiger partial charge >= 0.3 is 11.8 Å². The summed E-state index contributed by atoms with van der Waals surface area (Å²) in [7, 11) is 0. The summed E-state index contributed by atoms with van der Waals surface area (Å²) in [6, 6.07) is 8.24. The molecule has 0 unspecified atom stereocenters. The van der Waals surface area contributed by atoms with E-state index >= 15 is 0 Å². The number of nitro groups is 1. The predicted molar refractivity (Wildman–Crippen MR) is 98.9 cm³/mol. The zero-order valence-corrected chi connectivity index (χ0v) is 15.0. The van der Waals surface area contributed by atoms with E-state index in [0.29, 0.717) is 0 Å². The number of carbonyl (C=O) groups is 2. The Morgan fingerprint density at radius 1 is 1.08 bits per heavy atom. The molecule has 0 saturated carbocycles. The number of nitrogens with one attached hydrogen (secondary N) is 2. The van der Waals surface area contributed by atoms with E-state index in [-0.39, 0.29) is 32.0 Å². The van der Waals surface area contributed by atoms with E-state index in [1.165, 1.54) is 30.3 Å². The fourth-order valence-electron chi connectivity index (χ4n) is 1.73. The summed E-state index contributed by atoms with van der Waals surface area (Å²) in [6.45, 7) is 0. The van der Waals surface area contributed by atoms with Crippen LogP contribution in [0.3, 0.4) is 0 Å². The molecule has 2 amide bonds. The summed E-state index contributed by atoms with van der Waals surface area (Å²) in [6.07, 6.45) is 1.08. The largest absolute Gasteiger partial charge is 0.329 e. The second-order valence-electron chi connectivity index (χ2n) is 4.72. The van der Waals surface area contributed by atoms with Crippen LogP contribution in [0.15, 0.2) is 41.5 Å². The van der Waals surface area contributed by atoms with Crippen molar-refractivity contribution in [2.45, 2.75) is 0 Å². The monoisotopic (exact) mass is 414 g/mol. The van der Waals surface area contributed by atoms with Gasteiger partial charge in [-0.1, -0.05) is 40.9 Å². The first-order chi connectivity index (χ1) is 12.3. The van der Waals surface area contributed by atoms with E-state index in [2.05, 4.69) is 10.4 Å². The Morgan fingerprint density at radius 3 is 2.50 bits per heavy atom. The number of carbonyl (C=O) groups excluding carboxylic acids is 2. The Kier molecular flexibility index (Phi) is 6.51. The Hall–Kier alpha value is -2.68. The molecule has 0 heterocycles. The molecule has 2 aromatic rings. The quantitative estimate of drug-likeness (QED) is 0.343. The lowest BCUT2D eigenvalue weighted by Crippen LogP contribution is -2.32. The molecule has 0 fully saturated rings. The number of benzene rings is 2. The molecule has 2 rings (SSSR count). The van der Waals surface area contributed by atoms with E-state index in [1.807, 2.05) is 5.43 Å². The maximum atomic E-state index is 11.8. The van der Waals surface area contributed by atoms with Crippen LogP contribution in [-0.2, 0) is 9.59 Å². The van der Waals surface area contributed by atoms with Gasteiger partial charge in [-0.3, -0.25) is 19.7 Å². The number of halogens is 3. The normalized spacial score (nSPS) is 10.6. The van der Waals surface area contributed by atoms with Gasteiger partial charge < -0.3 is 5.32 Å². The van der Waals surface area contributed by atoms with Crippen molar-refractivity contribution in [2.24, 2.45) is 5.10 Å². The lowest BCUT2D eigenvalue weighted by Gasteiger charge is -2.06. The first kappa shape index (κ1) is 19.6. The van der Waals surface area contributed by atoms with Gasteiger partial charge in [0.2, 0.25) is 0 Å². The number of nitrogens with zero attached hydrogens (tertiary/aromatic N) is 2. The highest BCUT2D eigenvalue weighted by Gasteiger charge is 2.15. The van der Waals surface area contributed by atoms with Crippen LogP contribution in [0, 0.1) is 10.1 Å². The Bertz CT molecular complexity index is 918. The van der Waals surface area contributed by atoms with Crippen LogP contribution < -0.4 is 10.7 Å². The number of hydrogen-bond acceptors (Lipinski definition) is 5. The topological polar surface area (TPSA) is 114 Å². The summed E-state index contributed by atoms with van der Waals surface area (Å²) in [5.74, 6) is -2.12. The van der Waals surface area contributed by atoms with Crippen molar-refractivity contribution >= 4 is 64.2 Å². The number of non-ortho nitro benzene ring substituents is 1. The molecule has 0 aliphatic heterocycles. The van der Waals surface area contributed by atoms with Gasteiger partial charge in [-0.2, -0.15) is 5.10 Å². The van der Waals surface area contributed by atoms with Crippen molar-refractivity contribution in [3.63, 3.8) is 0 Å². The second-order valence-corrected chi connectivity index (χ2v) is 5.91. The molecule has 11 heteroatoms. The third-order valence-electron chi connectivity index (χ3n) is 2.97. The molecule has 2 N–H and O–H groups in total. The zero-order chi connectivity index (χ0) is 19.3. The van der Waals surface area contributed by atoms with Gasteiger partial charge in [0.15, 0.2) is 0 Å². The van der Waals surface area contributed by atoms with E-state index in [0.717, 1.165) is 6.21 Å². The summed E-state index contributed by atoms with van der Waals surface area (Å²) in [5, 5.41) is 17.0.